The molecule has 1 aromatic carbocycles. The Balaban J connectivity index is 1.51. The number of rotatable bonds is 7. The van der Waals surface area contributed by atoms with E-state index < -0.39 is 0 Å². The van der Waals surface area contributed by atoms with Crippen molar-refractivity contribution in [2.75, 3.05) is 0 Å². The number of carbonyl (C=O) groups excluding carboxylic acids is 1. The number of nitrogens with one attached hydrogen (secondary N) is 1. The van der Waals surface area contributed by atoms with Crippen molar-refractivity contribution in [1.29, 1.82) is 0 Å². The van der Waals surface area contributed by atoms with Crippen LogP contribution in [0.5, 0.6) is 5.75 Å². The normalized spacial score (nSPS) is 11.7. The highest BCUT2D eigenvalue weighted by atomic mass is 16.5. The second-order valence-electron chi connectivity index (χ2n) is 5.67. The summed E-state index contributed by atoms with van der Waals surface area (Å²) in [4.78, 5) is 20.5. The van der Waals surface area contributed by atoms with Crippen LogP contribution in [0.4, 0.5) is 0 Å². The van der Waals surface area contributed by atoms with Crippen molar-refractivity contribution in [3.63, 3.8) is 0 Å². The summed E-state index contributed by atoms with van der Waals surface area (Å²) in [6.45, 7) is 2.10. The minimum atomic E-state index is -0.272. The number of hydrogen-bond acceptors (Lipinski definition) is 5. The van der Waals surface area contributed by atoms with Crippen LogP contribution in [0.15, 0.2) is 65.5 Å². The lowest BCUT2D eigenvalue weighted by Crippen LogP contribution is -2.34. The molecule has 0 radical (unpaired) electrons. The fourth-order valence-electron chi connectivity index (χ4n) is 2.36. The lowest BCUT2D eigenvalue weighted by Gasteiger charge is -2.12. The van der Waals surface area contributed by atoms with Crippen molar-refractivity contribution in [3.05, 3.63) is 78.3 Å². The van der Waals surface area contributed by atoms with E-state index in [9.17, 15) is 4.79 Å². The van der Waals surface area contributed by atoms with Crippen molar-refractivity contribution >= 4 is 5.91 Å². The van der Waals surface area contributed by atoms with Crippen LogP contribution in [0, 0.1) is 0 Å². The second-order valence-corrected chi connectivity index (χ2v) is 5.67. The van der Waals surface area contributed by atoms with Crippen LogP contribution in [0.25, 0.3) is 0 Å². The molecule has 0 unspecified atom stereocenters. The Morgan fingerprint density at radius 3 is 2.84 bits per heavy atom. The zero-order valence-electron chi connectivity index (χ0n) is 13.9. The van der Waals surface area contributed by atoms with Crippen molar-refractivity contribution in [1.82, 2.24) is 15.3 Å². The van der Waals surface area contributed by atoms with Crippen LogP contribution >= 0.6 is 0 Å². The summed E-state index contributed by atoms with van der Waals surface area (Å²) >= 11 is 0. The van der Waals surface area contributed by atoms with E-state index in [2.05, 4.69) is 15.3 Å². The number of benzene rings is 1. The molecular weight excluding hydrogens is 318 g/mol. The van der Waals surface area contributed by atoms with Gasteiger partial charge in [-0.15, -0.1) is 0 Å². The van der Waals surface area contributed by atoms with Crippen molar-refractivity contribution in [3.8, 4) is 5.75 Å². The quantitative estimate of drug-likeness (QED) is 0.717. The Morgan fingerprint density at radius 2 is 2.08 bits per heavy atom. The minimum absolute atomic E-state index is 0.0441. The summed E-state index contributed by atoms with van der Waals surface area (Å²) in [5.41, 5.74) is 1.30. The summed E-state index contributed by atoms with van der Waals surface area (Å²) < 4.78 is 10.9. The number of amides is 1. The first-order valence-electron chi connectivity index (χ1n) is 8.03. The van der Waals surface area contributed by atoms with Gasteiger partial charge in [0, 0.05) is 18.4 Å². The molecule has 1 N–H and O–H groups in total. The summed E-state index contributed by atoms with van der Waals surface area (Å²) in [6.07, 6.45) is 5.55. The zero-order chi connectivity index (χ0) is 17.5. The number of carbonyl (C=O) groups is 1. The molecule has 2 aromatic heterocycles. The topological polar surface area (TPSA) is 77.2 Å². The maximum atomic E-state index is 12.2. The third-order valence-corrected chi connectivity index (χ3v) is 3.53. The maximum Gasteiger partial charge on any atom is 0.273 e. The highest BCUT2D eigenvalue weighted by Gasteiger charge is 2.15. The Hall–Kier alpha value is -3.15. The molecule has 6 heteroatoms. The Bertz CT molecular complexity index is 803. The summed E-state index contributed by atoms with van der Waals surface area (Å²) in [5.74, 6) is 0.803. The van der Waals surface area contributed by atoms with Crippen LogP contribution in [0.1, 0.15) is 28.9 Å². The standard InChI is InChI=1S/C19H19N3O3/c1-14(10-15-6-5-9-20-11-15)21-19(23)17-12-25-18(22-17)13-24-16-7-3-2-4-8-16/h2-9,11-12,14H,10,13H2,1H3,(H,21,23)/t14-/m1/s1. The van der Waals surface area contributed by atoms with E-state index >= 15 is 0 Å². The molecule has 0 saturated heterocycles. The van der Waals surface area contributed by atoms with Gasteiger partial charge in [0.05, 0.1) is 0 Å². The first kappa shape index (κ1) is 16.7. The van der Waals surface area contributed by atoms with Gasteiger partial charge in [-0.05, 0) is 37.1 Å². The lowest BCUT2D eigenvalue weighted by atomic mass is 10.1. The van der Waals surface area contributed by atoms with Gasteiger partial charge in [0.2, 0.25) is 5.89 Å². The van der Waals surface area contributed by atoms with Crippen molar-refractivity contribution in [2.24, 2.45) is 0 Å². The predicted molar refractivity (Wildman–Crippen MR) is 92.1 cm³/mol. The molecule has 0 fully saturated rings. The Morgan fingerprint density at radius 1 is 1.24 bits per heavy atom. The van der Waals surface area contributed by atoms with Gasteiger partial charge in [0.25, 0.3) is 5.91 Å². The monoisotopic (exact) mass is 337 g/mol. The third-order valence-electron chi connectivity index (χ3n) is 3.53. The van der Waals surface area contributed by atoms with Crippen LogP contribution in [-0.4, -0.2) is 21.9 Å². The van der Waals surface area contributed by atoms with Crippen LogP contribution in [0.3, 0.4) is 0 Å². The van der Waals surface area contributed by atoms with E-state index in [1.165, 1.54) is 6.26 Å². The smallest absolute Gasteiger partial charge is 0.273 e. The molecule has 128 valence electrons. The molecule has 3 aromatic rings. The number of ether oxygens (including phenoxy) is 1. The summed E-state index contributed by atoms with van der Waals surface area (Å²) in [6, 6.07) is 13.2. The highest BCUT2D eigenvalue weighted by Crippen LogP contribution is 2.12. The predicted octanol–water partition coefficient (Wildman–Crippen LogP) is 3.01. The van der Waals surface area contributed by atoms with E-state index in [0.717, 1.165) is 11.3 Å². The van der Waals surface area contributed by atoms with E-state index in [-0.39, 0.29) is 24.2 Å². The SMILES string of the molecule is C[C@H](Cc1cccnc1)NC(=O)c1coc(COc2ccccc2)n1. The lowest BCUT2D eigenvalue weighted by molar-refractivity contribution is 0.0935. The third kappa shape index (κ3) is 4.91. The van der Waals surface area contributed by atoms with Gasteiger partial charge in [-0.3, -0.25) is 9.78 Å². The number of aromatic nitrogens is 2. The van der Waals surface area contributed by atoms with Gasteiger partial charge in [-0.1, -0.05) is 24.3 Å². The van der Waals surface area contributed by atoms with E-state index in [0.29, 0.717) is 12.3 Å². The first-order valence-corrected chi connectivity index (χ1v) is 8.03. The fourth-order valence-corrected chi connectivity index (χ4v) is 2.36. The number of hydrogen-bond donors (Lipinski definition) is 1. The number of para-hydroxylation sites is 1. The van der Waals surface area contributed by atoms with Gasteiger partial charge >= 0.3 is 0 Å². The summed E-state index contributed by atoms with van der Waals surface area (Å²) in [5, 5.41) is 2.90. The molecule has 1 atom stereocenters. The van der Waals surface area contributed by atoms with Crippen molar-refractivity contribution < 1.29 is 13.9 Å². The van der Waals surface area contributed by atoms with Crippen LogP contribution in [0.2, 0.25) is 0 Å². The molecule has 6 nitrogen and oxygen atoms in total. The molecule has 2 heterocycles. The first-order chi connectivity index (χ1) is 12.2. The maximum absolute atomic E-state index is 12.2. The molecule has 0 spiro atoms. The van der Waals surface area contributed by atoms with Crippen molar-refractivity contribution in [2.45, 2.75) is 26.0 Å². The fraction of sp³-hybridized carbons (Fsp3) is 0.211. The molecule has 25 heavy (non-hydrogen) atoms. The molecule has 0 aliphatic carbocycles. The van der Waals surface area contributed by atoms with E-state index in [1.54, 1.807) is 12.4 Å². The molecule has 0 bridgehead atoms. The van der Waals surface area contributed by atoms with Crippen LogP contribution < -0.4 is 10.1 Å². The highest BCUT2D eigenvalue weighted by molar-refractivity contribution is 5.92. The number of nitrogens with zero attached hydrogens (tertiary/aromatic N) is 2. The Kier molecular flexibility index (Phi) is 5.41. The minimum Gasteiger partial charge on any atom is -0.484 e. The van der Waals surface area contributed by atoms with E-state index in [1.807, 2.05) is 49.4 Å². The second kappa shape index (κ2) is 8.10. The van der Waals surface area contributed by atoms with Gasteiger partial charge in [0.1, 0.15) is 12.0 Å². The van der Waals surface area contributed by atoms with E-state index in [4.69, 9.17) is 9.15 Å². The molecule has 0 aliphatic heterocycles. The molecule has 0 aliphatic rings. The van der Waals surface area contributed by atoms with Gasteiger partial charge < -0.3 is 14.5 Å². The van der Waals surface area contributed by atoms with Gasteiger partial charge in [0.15, 0.2) is 12.3 Å². The Labute approximate surface area is 145 Å². The van der Waals surface area contributed by atoms with Gasteiger partial charge in [-0.2, -0.15) is 0 Å². The summed E-state index contributed by atoms with van der Waals surface area (Å²) in [7, 11) is 0. The largest absolute Gasteiger partial charge is 0.484 e. The molecular formula is C19H19N3O3. The average molecular weight is 337 g/mol. The molecule has 1 amide bonds. The zero-order valence-corrected chi connectivity index (χ0v) is 13.9. The van der Waals surface area contributed by atoms with Gasteiger partial charge in [-0.25, -0.2) is 4.98 Å². The average Bonchev–Trinajstić information content (AvgIpc) is 3.11. The molecule has 3 rings (SSSR count). The number of oxazole rings is 1. The number of pyridine rings is 1. The van der Waals surface area contributed by atoms with Crippen LogP contribution in [-0.2, 0) is 13.0 Å². The molecule has 0 saturated carbocycles.